The molecule has 1 unspecified atom stereocenters. The fraction of sp³-hybridized carbons (Fsp3) is 0.882. The van der Waals surface area contributed by atoms with Gasteiger partial charge in [0.25, 0.3) is 0 Å². The fourth-order valence-corrected chi connectivity index (χ4v) is 2.12. The standard InChI is InChI=1S/C17H34O/c1-3-5-6-7-8-9-10-11-12-13-14-15-16-17(18)4-2/h10-11,17-18H,3-9,12-16H2,1-2H3/b11-10-. The van der Waals surface area contributed by atoms with Crippen molar-refractivity contribution in [3.05, 3.63) is 12.2 Å². The van der Waals surface area contributed by atoms with Crippen LogP contribution in [0.1, 0.15) is 90.9 Å². The molecule has 0 saturated carbocycles. The molecule has 0 spiro atoms. The Morgan fingerprint density at radius 2 is 1.33 bits per heavy atom. The summed E-state index contributed by atoms with van der Waals surface area (Å²) < 4.78 is 0. The molecule has 0 rings (SSSR count). The van der Waals surface area contributed by atoms with Gasteiger partial charge < -0.3 is 5.11 Å². The molecule has 0 aromatic rings. The third kappa shape index (κ3) is 13.8. The van der Waals surface area contributed by atoms with Gasteiger partial charge in [-0.25, -0.2) is 0 Å². The van der Waals surface area contributed by atoms with Crippen molar-refractivity contribution in [3.8, 4) is 0 Å². The first-order valence-electron chi connectivity index (χ1n) is 8.14. The molecular formula is C17H34O. The highest BCUT2D eigenvalue weighted by Gasteiger charge is 1.98. The van der Waals surface area contributed by atoms with Gasteiger partial charge in [0.05, 0.1) is 6.10 Å². The molecule has 0 radical (unpaired) electrons. The zero-order chi connectivity index (χ0) is 13.5. The summed E-state index contributed by atoms with van der Waals surface area (Å²) >= 11 is 0. The van der Waals surface area contributed by atoms with E-state index in [0.717, 1.165) is 12.8 Å². The van der Waals surface area contributed by atoms with E-state index in [4.69, 9.17) is 0 Å². The largest absolute Gasteiger partial charge is 0.393 e. The van der Waals surface area contributed by atoms with Crippen LogP contribution in [0.25, 0.3) is 0 Å². The average Bonchev–Trinajstić information content (AvgIpc) is 2.39. The first kappa shape index (κ1) is 17.7. The first-order valence-corrected chi connectivity index (χ1v) is 8.14. The van der Waals surface area contributed by atoms with Crippen molar-refractivity contribution in [1.82, 2.24) is 0 Å². The highest BCUT2D eigenvalue weighted by atomic mass is 16.3. The number of aliphatic hydroxyl groups excluding tert-OH is 1. The maximum atomic E-state index is 9.41. The summed E-state index contributed by atoms with van der Waals surface area (Å²) in [6, 6.07) is 0. The summed E-state index contributed by atoms with van der Waals surface area (Å²) in [7, 11) is 0. The lowest BCUT2D eigenvalue weighted by Gasteiger charge is -2.05. The van der Waals surface area contributed by atoms with Crippen LogP contribution in [0.5, 0.6) is 0 Å². The average molecular weight is 254 g/mol. The molecule has 18 heavy (non-hydrogen) atoms. The molecule has 0 heterocycles. The van der Waals surface area contributed by atoms with Crippen LogP contribution in [0.15, 0.2) is 12.2 Å². The molecule has 0 bridgehead atoms. The van der Waals surface area contributed by atoms with Crippen molar-refractivity contribution in [3.63, 3.8) is 0 Å². The predicted molar refractivity (Wildman–Crippen MR) is 81.9 cm³/mol. The van der Waals surface area contributed by atoms with Crippen molar-refractivity contribution in [2.75, 3.05) is 0 Å². The number of allylic oxidation sites excluding steroid dienone is 2. The van der Waals surface area contributed by atoms with Crippen LogP contribution in [-0.4, -0.2) is 11.2 Å². The second-order valence-electron chi connectivity index (χ2n) is 5.37. The van der Waals surface area contributed by atoms with Crippen LogP contribution >= 0.6 is 0 Å². The van der Waals surface area contributed by atoms with Crippen LogP contribution in [-0.2, 0) is 0 Å². The van der Waals surface area contributed by atoms with Gasteiger partial charge in [-0.05, 0) is 38.5 Å². The number of unbranched alkanes of at least 4 members (excludes halogenated alkanes) is 8. The third-order valence-electron chi connectivity index (χ3n) is 3.52. The predicted octanol–water partition coefficient (Wildman–Crippen LogP) is 5.62. The maximum absolute atomic E-state index is 9.41. The number of aliphatic hydroxyl groups is 1. The van der Waals surface area contributed by atoms with Crippen LogP contribution in [0.4, 0.5) is 0 Å². The maximum Gasteiger partial charge on any atom is 0.0537 e. The number of hydrogen-bond donors (Lipinski definition) is 1. The minimum absolute atomic E-state index is 0.0661. The molecule has 1 N–H and O–H groups in total. The van der Waals surface area contributed by atoms with Crippen LogP contribution in [0, 0.1) is 0 Å². The summed E-state index contributed by atoms with van der Waals surface area (Å²) in [6.45, 7) is 4.31. The van der Waals surface area contributed by atoms with E-state index in [2.05, 4.69) is 19.1 Å². The van der Waals surface area contributed by atoms with E-state index in [9.17, 15) is 5.11 Å². The fourth-order valence-electron chi connectivity index (χ4n) is 2.12. The van der Waals surface area contributed by atoms with Gasteiger partial charge in [0.2, 0.25) is 0 Å². The van der Waals surface area contributed by atoms with Gasteiger partial charge >= 0.3 is 0 Å². The molecule has 0 aromatic carbocycles. The van der Waals surface area contributed by atoms with Crippen LogP contribution in [0.3, 0.4) is 0 Å². The monoisotopic (exact) mass is 254 g/mol. The molecule has 0 aliphatic rings. The lowest BCUT2D eigenvalue weighted by molar-refractivity contribution is 0.156. The van der Waals surface area contributed by atoms with E-state index in [1.807, 2.05) is 6.92 Å². The van der Waals surface area contributed by atoms with Gasteiger partial charge in [-0.1, -0.05) is 64.5 Å². The van der Waals surface area contributed by atoms with Gasteiger partial charge in [0.1, 0.15) is 0 Å². The Labute approximate surface area is 115 Å². The SMILES string of the molecule is CCCCCCC/C=C\CCCCCC(O)CC. The van der Waals surface area contributed by atoms with Crippen LogP contribution < -0.4 is 0 Å². The van der Waals surface area contributed by atoms with E-state index >= 15 is 0 Å². The zero-order valence-electron chi connectivity index (χ0n) is 12.7. The highest BCUT2D eigenvalue weighted by molar-refractivity contribution is 4.81. The minimum Gasteiger partial charge on any atom is -0.393 e. The van der Waals surface area contributed by atoms with Crippen LogP contribution in [0.2, 0.25) is 0 Å². The first-order chi connectivity index (χ1) is 8.81. The molecule has 0 aliphatic heterocycles. The minimum atomic E-state index is -0.0661. The van der Waals surface area contributed by atoms with Crippen molar-refractivity contribution in [2.24, 2.45) is 0 Å². The summed E-state index contributed by atoms with van der Waals surface area (Å²) in [5.41, 5.74) is 0. The third-order valence-corrected chi connectivity index (χ3v) is 3.52. The van der Waals surface area contributed by atoms with Gasteiger partial charge in [0, 0.05) is 0 Å². The topological polar surface area (TPSA) is 20.2 Å². The van der Waals surface area contributed by atoms with Crippen molar-refractivity contribution < 1.29 is 5.11 Å². The molecule has 108 valence electrons. The summed E-state index contributed by atoms with van der Waals surface area (Å²) in [4.78, 5) is 0. The summed E-state index contributed by atoms with van der Waals surface area (Å²) in [5.74, 6) is 0. The Balaban J connectivity index is 3.09. The number of rotatable bonds is 13. The Kier molecular flexibility index (Phi) is 14.5. The Morgan fingerprint density at radius 1 is 0.778 bits per heavy atom. The van der Waals surface area contributed by atoms with Crippen molar-refractivity contribution in [1.29, 1.82) is 0 Å². The second-order valence-corrected chi connectivity index (χ2v) is 5.37. The van der Waals surface area contributed by atoms with Gasteiger partial charge in [-0.3, -0.25) is 0 Å². The smallest absolute Gasteiger partial charge is 0.0537 e. The zero-order valence-corrected chi connectivity index (χ0v) is 12.7. The van der Waals surface area contributed by atoms with Crippen molar-refractivity contribution in [2.45, 2.75) is 97.0 Å². The van der Waals surface area contributed by atoms with E-state index in [-0.39, 0.29) is 6.10 Å². The molecule has 0 fully saturated rings. The number of hydrogen-bond acceptors (Lipinski definition) is 1. The van der Waals surface area contributed by atoms with Gasteiger partial charge in [-0.2, -0.15) is 0 Å². The molecule has 0 aliphatic carbocycles. The Hall–Kier alpha value is -0.300. The molecule has 0 amide bonds. The summed E-state index contributed by atoms with van der Waals surface area (Å²) in [6.07, 6.45) is 19.6. The second kappa shape index (κ2) is 14.8. The molecule has 0 saturated heterocycles. The van der Waals surface area contributed by atoms with E-state index in [0.29, 0.717) is 0 Å². The molecule has 1 atom stereocenters. The van der Waals surface area contributed by atoms with Gasteiger partial charge in [-0.15, -0.1) is 0 Å². The molecule has 1 heteroatoms. The molecular weight excluding hydrogens is 220 g/mol. The summed E-state index contributed by atoms with van der Waals surface area (Å²) in [5, 5.41) is 9.41. The van der Waals surface area contributed by atoms with E-state index < -0.39 is 0 Å². The normalized spacial score (nSPS) is 13.3. The quantitative estimate of drug-likeness (QED) is 0.334. The molecule has 1 nitrogen and oxygen atoms in total. The van der Waals surface area contributed by atoms with E-state index in [1.54, 1.807) is 0 Å². The Morgan fingerprint density at radius 3 is 1.89 bits per heavy atom. The Bertz CT molecular complexity index is 174. The van der Waals surface area contributed by atoms with Gasteiger partial charge in [0.15, 0.2) is 0 Å². The highest BCUT2D eigenvalue weighted by Crippen LogP contribution is 2.09. The van der Waals surface area contributed by atoms with E-state index in [1.165, 1.54) is 64.2 Å². The lowest BCUT2D eigenvalue weighted by atomic mass is 10.1. The molecule has 0 aromatic heterocycles. The van der Waals surface area contributed by atoms with Crippen molar-refractivity contribution >= 4 is 0 Å². The lowest BCUT2D eigenvalue weighted by Crippen LogP contribution is -2.03.